The van der Waals surface area contributed by atoms with Crippen LogP contribution in [0.3, 0.4) is 0 Å². The maximum absolute atomic E-state index is 5.51. The summed E-state index contributed by atoms with van der Waals surface area (Å²) in [4.78, 5) is 5.24. The largest absolute Gasteiger partial charge is 0.379 e. The molecule has 0 aromatic heterocycles. The lowest BCUT2D eigenvalue weighted by molar-refractivity contribution is -0.0114. The molecule has 4 heteroatoms. The Labute approximate surface area is 124 Å². The minimum absolute atomic E-state index is 0.717. The average Bonchev–Trinajstić information content (AvgIpc) is 2.52. The van der Waals surface area contributed by atoms with Crippen molar-refractivity contribution in [3.05, 3.63) is 0 Å². The molecule has 0 aromatic carbocycles. The van der Waals surface area contributed by atoms with Crippen LogP contribution in [0.4, 0.5) is 0 Å². The second-order valence-corrected chi connectivity index (χ2v) is 6.06. The highest BCUT2D eigenvalue weighted by atomic mass is 16.5. The van der Waals surface area contributed by atoms with Crippen molar-refractivity contribution in [2.45, 2.75) is 45.1 Å². The molecule has 0 radical (unpaired) electrons. The van der Waals surface area contributed by atoms with Crippen LogP contribution >= 0.6 is 0 Å². The Bertz CT molecular complexity index is 239. The molecule has 2 heterocycles. The smallest absolute Gasteiger partial charge is 0.0594 e. The molecular weight excluding hydrogens is 252 g/mol. The molecule has 4 nitrogen and oxygen atoms in total. The normalized spacial score (nSPS) is 23.9. The van der Waals surface area contributed by atoms with Crippen LogP contribution in [-0.4, -0.2) is 75.0 Å². The maximum atomic E-state index is 5.51. The molecule has 0 aromatic rings. The van der Waals surface area contributed by atoms with Crippen molar-refractivity contribution in [3.8, 4) is 0 Å². The molecule has 0 saturated carbocycles. The monoisotopic (exact) mass is 284 g/mol. The predicted molar refractivity (Wildman–Crippen MR) is 82.2 cm³/mol. The van der Waals surface area contributed by atoms with Gasteiger partial charge in [0.1, 0.15) is 0 Å². The van der Waals surface area contributed by atoms with Crippen molar-refractivity contribution in [1.82, 2.24) is 9.80 Å². The van der Waals surface area contributed by atoms with Gasteiger partial charge in [-0.1, -0.05) is 32.6 Å². The number of morpholine rings is 2. The highest BCUT2D eigenvalue weighted by Gasteiger charge is 2.23. The second-order valence-electron chi connectivity index (χ2n) is 6.06. The van der Waals surface area contributed by atoms with Gasteiger partial charge in [-0.2, -0.15) is 0 Å². The van der Waals surface area contributed by atoms with Crippen molar-refractivity contribution in [1.29, 1.82) is 0 Å². The summed E-state index contributed by atoms with van der Waals surface area (Å²) in [7, 11) is 0. The molecule has 2 saturated heterocycles. The predicted octanol–water partition coefficient (Wildman–Crippen LogP) is 1.99. The summed E-state index contributed by atoms with van der Waals surface area (Å²) in [6.07, 6.45) is 6.82. The van der Waals surface area contributed by atoms with Crippen molar-refractivity contribution in [2.24, 2.45) is 0 Å². The lowest BCUT2D eigenvalue weighted by Gasteiger charge is -2.38. The Kier molecular flexibility index (Phi) is 7.88. The highest BCUT2D eigenvalue weighted by Crippen LogP contribution is 2.15. The Morgan fingerprint density at radius 2 is 1.50 bits per heavy atom. The number of hydrogen-bond acceptors (Lipinski definition) is 4. The molecule has 0 bridgehead atoms. The Balaban J connectivity index is 1.77. The van der Waals surface area contributed by atoms with E-state index in [9.17, 15) is 0 Å². The van der Waals surface area contributed by atoms with Gasteiger partial charge in [-0.3, -0.25) is 9.80 Å². The van der Waals surface area contributed by atoms with E-state index in [0.29, 0.717) is 6.04 Å². The molecular formula is C16H32N2O2. The lowest BCUT2D eigenvalue weighted by Crippen LogP contribution is -2.50. The molecule has 0 aliphatic carbocycles. The van der Waals surface area contributed by atoms with Gasteiger partial charge in [0.15, 0.2) is 0 Å². The first-order valence-corrected chi connectivity index (χ1v) is 8.52. The summed E-state index contributed by atoms with van der Waals surface area (Å²) in [6, 6.07) is 0.717. The zero-order valence-corrected chi connectivity index (χ0v) is 13.2. The minimum Gasteiger partial charge on any atom is -0.379 e. The van der Waals surface area contributed by atoms with Crippen LogP contribution in [0.15, 0.2) is 0 Å². The van der Waals surface area contributed by atoms with Gasteiger partial charge in [0, 0.05) is 38.8 Å². The van der Waals surface area contributed by atoms with E-state index in [0.717, 1.165) is 52.6 Å². The molecule has 0 N–H and O–H groups in total. The van der Waals surface area contributed by atoms with Gasteiger partial charge < -0.3 is 9.47 Å². The van der Waals surface area contributed by atoms with Gasteiger partial charge >= 0.3 is 0 Å². The van der Waals surface area contributed by atoms with Gasteiger partial charge in [0.25, 0.3) is 0 Å². The lowest BCUT2D eigenvalue weighted by atomic mass is 10.0. The third-order valence-electron chi connectivity index (χ3n) is 4.53. The van der Waals surface area contributed by atoms with E-state index < -0.39 is 0 Å². The number of hydrogen-bond donors (Lipinski definition) is 0. The van der Waals surface area contributed by atoms with E-state index in [1.54, 1.807) is 0 Å². The topological polar surface area (TPSA) is 24.9 Å². The zero-order chi connectivity index (χ0) is 14.0. The number of nitrogens with zero attached hydrogens (tertiary/aromatic N) is 2. The summed E-state index contributed by atoms with van der Waals surface area (Å²) in [5, 5.41) is 0. The summed E-state index contributed by atoms with van der Waals surface area (Å²) < 4.78 is 11.0. The summed E-state index contributed by atoms with van der Waals surface area (Å²) in [5.41, 5.74) is 0. The quantitative estimate of drug-likeness (QED) is 0.636. The van der Waals surface area contributed by atoms with Crippen molar-refractivity contribution < 1.29 is 9.47 Å². The van der Waals surface area contributed by atoms with Crippen molar-refractivity contribution in [3.63, 3.8) is 0 Å². The minimum atomic E-state index is 0.717. The molecule has 2 rings (SSSR count). The maximum Gasteiger partial charge on any atom is 0.0594 e. The fraction of sp³-hybridized carbons (Fsp3) is 1.00. The van der Waals surface area contributed by atoms with Crippen LogP contribution in [0, 0.1) is 0 Å². The van der Waals surface area contributed by atoms with Gasteiger partial charge in [-0.05, 0) is 6.42 Å². The van der Waals surface area contributed by atoms with Crippen LogP contribution < -0.4 is 0 Å². The first-order chi connectivity index (χ1) is 9.90. The molecule has 2 aliphatic heterocycles. The average molecular weight is 284 g/mol. The number of rotatable bonds is 8. The van der Waals surface area contributed by atoms with Gasteiger partial charge in [0.05, 0.1) is 26.4 Å². The Morgan fingerprint density at radius 3 is 2.15 bits per heavy atom. The molecule has 2 aliphatic rings. The van der Waals surface area contributed by atoms with Crippen molar-refractivity contribution in [2.75, 3.05) is 59.2 Å². The molecule has 0 spiro atoms. The van der Waals surface area contributed by atoms with E-state index in [1.165, 1.54) is 38.6 Å². The first-order valence-electron chi connectivity index (χ1n) is 8.52. The van der Waals surface area contributed by atoms with E-state index >= 15 is 0 Å². The molecule has 0 amide bonds. The van der Waals surface area contributed by atoms with E-state index in [4.69, 9.17) is 9.47 Å². The summed E-state index contributed by atoms with van der Waals surface area (Å²) in [6.45, 7) is 11.6. The first kappa shape index (κ1) is 16.2. The fourth-order valence-electron chi connectivity index (χ4n) is 3.22. The van der Waals surface area contributed by atoms with Crippen LogP contribution in [0.1, 0.15) is 39.0 Å². The zero-order valence-electron chi connectivity index (χ0n) is 13.2. The Hall–Kier alpha value is -0.160. The molecule has 20 heavy (non-hydrogen) atoms. The summed E-state index contributed by atoms with van der Waals surface area (Å²) >= 11 is 0. The third-order valence-corrected chi connectivity index (χ3v) is 4.53. The summed E-state index contributed by atoms with van der Waals surface area (Å²) in [5.74, 6) is 0. The second kappa shape index (κ2) is 9.72. The van der Waals surface area contributed by atoms with Crippen molar-refractivity contribution >= 4 is 0 Å². The molecule has 118 valence electrons. The number of unbranched alkanes of at least 4 members (excludes halogenated alkanes) is 3. The van der Waals surface area contributed by atoms with Crippen LogP contribution in [0.2, 0.25) is 0 Å². The van der Waals surface area contributed by atoms with E-state index in [-0.39, 0.29) is 0 Å². The number of ether oxygens (including phenoxy) is 2. The highest BCUT2D eigenvalue weighted by molar-refractivity contribution is 4.78. The molecule has 1 atom stereocenters. The Morgan fingerprint density at radius 1 is 0.850 bits per heavy atom. The SMILES string of the molecule is CCCCCCC(CN1CCOCC1)N1CCOCC1. The molecule has 2 fully saturated rings. The van der Waals surface area contributed by atoms with E-state index in [2.05, 4.69) is 16.7 Å². The van der Waals surface area contributed by atoms with Crippen LogP contribution in [0.25, 0.3) is 0 Å². The standard InChI is InChI=1S/C16H32N2O2/c1-2-3-4-5-6-16(18-9-13-20-14-10-18)15-17-7-11-19-12-8-17/h16H,2-15H2,1H3. The van der Waals surface area contributed by atoms with Gasteiger partial charge in [-0.25, -0.2) is 0 Å². The van der Waals surface area contributed by atoms with E-state index in [1.807, 2.05) is 0 Å². The van der Waals surface area contributed by atoms with Gasteiger partial charge in [-0.15, -0.1) is 0 Å². The van der Waals surface area contributed by atoms with Crippen LogP contribution in [0.5, 0.6) is 0 Å². The molecule has 1 unspecified atom stereocenters. The van der Waals surface area contributed by atoms with Gasteiger partial charge in [0.2, 0.25) is 0 Å². The van der Waals surface area contributed by atoms with Crippen LogP contribution in [-0.2, 0) is 9.47 Å². The fourth-order valence-corrected chi connectivity index (χ4v) is 3.22. The third kappa shape index (κ3) is 5.68.